The Morgan fingerprint density at radius 3 is 2.21 bits per heavy atom. The first-order chi connectivity index (χ1) is 8.70. The Morgan fingerprint density at radius 2 is 1.79 bits per heavy atom. The molecular weight excluding hydrogens is 240 g/mol. The van der Waals surface area contributed by atoms with Crippen molar-refractivity contribution in [3.05, 3.63) is 23.7 Å². The van der Waals surface area contributed by atoms with Crippen molar-refractivity contribution in [1.29, 1.82) is 0 Å². The highest BCUT2D eigenvalue weighted by Crippen LogP contribution is 2.78. The van der Waals surface area contributed by atoms with Crippen LogP contribution in [0.1, 0.15) is 39.2 Å². The van der Waals surface area contributed by atoms with E-state index in [0.29, 0.717) is 24.4 Å². The molecule has 0 radical (unpaired) electrons. The molecule has 1 aliphatic carbocycles. The number of rotatable bonds is 4. The molecule has 0 aromatic carbocycles. The van der Waals surface area contributed by atoms with Crippen LogP contribution in [0, 0.1) is 28.6 Å². The Bertz CT molecular complexity index is 541. The van der Waals surface area contributed by atoms with Crippen LogP contribution in [0.3, 0.4) is 0 Å². The summed E-state index contributed by atoms with van der Waals surface area (Å²) in [5, 5.41) is 9.67. The van der Waals surface area contributed by atoms with E-state index >= 15 is 0 Å². The maximum absolute atomic E-state index is 11.8. The Hall–Kier alpha value is -1.69. The van der Waals surface area contributed by atoms with Gasteiger partial charge in [0.1, 0.15) is 11.5 Å². The average molecular weight is 260 g/mol. The molecule has 0 saturated heterocycles. The highest BCUT2D eigenvalue weighted by atomic mass is 16.4. The van der Waals surface area contributed by atoms with Crippen LogP contribution >= 0.6 is 0 Å². The summed E-state index contributed by atoms with van der Waals surface area (Å²) in [5.74, 6) is 3.19. The van der Waals surface area contributed by atoms with Crippen molar-refractivity contribution in [2.24, 2.45) is 16.2 Å². The quantitative estimate of drug-likeness (QED) is 0.846. The minimum atomic E-state index is -0.773. The van der Waals surface area contributed by atoms with E-state index in [9.17, 15) is 9.90 Å². The van der Waals surface area contributed by atoms with Crippen LogP contribution in [0.4, 0.5) is 0 Å². The third kappa shape index (κ3) is 1.56. The van der Waals surface area contributed by atoms with Gasteiger partial charge in [0.05, 0.1) is 11.8 Å². The van der Waals surface area contributed by atoms with E-state index < -0.39 is 11.4 Å². The lowest BCUT2D eigenvalue weighted by molar-refractivity contribution is -0.145. The van der Waals surface area contributed by atoms with E-state index in [2.05, 4.69) is 5.92 Å². The SMILES string of the molecule is C#CCc1ccc(CC2(C(=O)O)C(C)(C)C2(C)C)o1. The van der Waals surface area contributed by atoms with Crippen molar-refractivity contribution < 1.29 is 14.3 Å². The van der Waals surface area contributed by atoms with Crippen LogP contribution in [0.2, 0.25) is 0 Å². The number of hydrogen-bond acceptors (Lipinski definition) is 2. The van der Waals surface area contributed by atoms with E-state index in [1.54, 1.807) is 0 Å². The number of carbonyl (C=O) groups is 1. The summed E-state index contributed by atoms with van der Waals surface area (Å²) >= 11 is 0. The van der Waals surface area contributed by atoms with Gasteiger partial charge in [0.25, 0.3) is 0 Å². The van der Waals surface area contributed by atoms with E-state index in [0.717, 1.165) is 0 Å². The van der Waals surface area contributed by atoms with Crippen molar-refractivity contribution in [3.63, 3.8) is 0 Å². The molecule has 0 aliphatic heterocycles. The first-order valence-electron chi connectivity index (χ1n) is 6.45. The molecule has 1 aromatic heterocycles. The van der Waals surface area contributed by atoms with Gasteiger partial charge >= 0.3 is 5.97 Å². The van der Waals surface area contributed by atoms with Crippen molar-refractivity contribution in [3.8, 4) is 12.3 Å². The fourth-order valence-electron chi connectivity index (χ4n) is 3.46. The van der Waals surface area contributed by atoms with Gasteiger partial charge in [0, 0.05) is 6.42 Å². The van der Waals surface area contributed by atoms with E-state index in [1.165, 1.54) is 0 Å². The summed E-state index contributed by atoms with van der Waals surface area (Å²) in [5.41, 5.74) is -1.29. The minimum absolute atomic E-state index is 0.259. The standard InChI is InChI=1S/C16H20O3/c1-6-7-11-8-9-12(19-11)10-16(13(17)18)14(2,3)15(16,4)5/h1,8-9H,7,10H2,2-5H3,(H,17,18). The number of hydrogen-bond donors (Lipinski definition) is 1. The van der Waals surface area contributed by atoms with Crippen LogP contribution in [-0.2, 0) is 17.6 Å². The second-order valence-electron chi connectivity index (χ2n) is 6.39. The van der Waals surface area contributed by atoms with Gasteiger partial charge in [-0.15, -0.1) is 6.42 Å². The fraction of sp³-hybridized carbons (Fsp3) is 0.562. The predicted molar refractivity (Wildman–Crippen MR) is 72.6 cm³/mol. The topological polar surface area (TPSA) is 50.4 Å². The molecule has 0 amide bonds. The number of carboxylic acids is 1. The lowest BCUT2D eigenvalue weighted by Gasteiger charge is -2.14. The predicted octanol–water partition coefficient (Wildman–Crippen LogP) is 3.13. The third-order valence-electron chi connectivity index (χ3n) is 5.43. The van der Waals surface area contributed by atoms with Crippen LogP contribution in [-0.4, -0.2) is 11.1 Å². The van der Waals surface area contributed by atoms with Gasteiger partial charge in [-0.3, -0.25) is 4.79 Å². The first kappa shape index (κ1) is 13.7. The molecule has 0 unspecified atom stereocenters. The van der Waals surface area contributed by atoms with Crippen molar-refractivity contribution >= 4 is 5.97 Å². The summed E-state index contributed by atoms with van der Waals surface area (Å²) in [4.78, 5) is 11.8. The number of furan rings is 1. The van der Waals surface area contributed by atoms with Gasteiger partial charge < -0.3 is 9.52 Å². The first-order valence-corrected chi connectivity index (χ1v) is 6.45. The third-order valence-corrected chi connectivity index (χ3v) is 5.43. The molecule has 102 valence electrons. The van der Waals surface area contributed by atoms with Gasteiger partial charge in [-0.2, -0.15) is 0 Å². The number of terminal acetylenes is 1. The zero-order chi connectivity index (χ0) is 14.5. The number of aliphatic carboxylic acids is 1. The van der Waals surface area contributed by atoms with Crippen LogP contribution < -0.4 is 0 Å². The van der Waals surface area contributed by atoms with Crippen molar-refractivity contribution in [2.45, 2.75) is 40.5 Å². The molecule has 1 heterocycles. The molecule has 0 atom stereocenters. The molecular formula is C16H20O3. The molecule has 0 bridgehead atoms. The molecule has 1 aromatic rings. The summed E-state index contributed by atoms with van der Waals surface area (Å²) in [6.45, 7) is 8.03. The Kier molecular flexibility index (Phi) is 2.82. The largest absolute Gasteiger partial charge is 0.481 e. The maximum Gasteiger partial charge on any atom is 0.311 e. The van der Waals surface area contributed by atoms with Gasteiger partial charge in [-0.05, 0) is 23.0 Å². The highest BCUT2D eigenvalue weighted by Gasteiger charge is 2.81. The van der Waals surface area contributed by atoms with Crippen molar-refractivity contribution in [2.75, 3.05) is 0 Å². The van der Waals surface area contributed by atoms with Gasteiger partial charge in [-0.1, -0.05) is 33.6 Å². The summed E-state index contributed by atoms with van der Waals surface area (Å²) < 4.78 is 5.63. The highest BCUT2D eigenvalue weighted by molar-refractivity contribution is 5.82. The van der Waals surface area contributed by atoms with Crippen LogP contribution in [0.15, 0.2) is 16.5 Å². The summed E-state index contributed by atoms with van der Waals surface area (Å²) in [7, 11) is 0. The minimum Gasteiger partial charge on any atom is -0.481 e. The Balaban J connectivity index is 2.30. The molecule has 0 spiro atoms. The van der Waals surface area contributed by atoms with Gasteiger partial charge in [-0.25, -0.2) is 0 Å². The van der Waals surface area contributed by atoms with E-state index in [1.807, 2.05) is 39.8 Å². The number of carboxylic acid groups (broad SMARTS) is 1. The average Bonchev–Trinajstić information content (AvgIpc) is 2.65. The molecule has 3 heteroatoms. The normalized spacial score (nSPS) is 21.6. The monoisotopic (exact) mass is 260 g/mol. The van der Waals surface area contributed by atoms with Crippen LogP contribution in [0.5, 0.6) is 0 Å². The maximum atomic E-state index is 11.8. The van der Waals surface area contributed by atoms with Crippen LogP contribution in [0.25, 0.3) is 0 Å². The fourth-order valence-corrected chi connectivity index (χ4v) is 3.46. The second-order valence-corrected chi connectivity index (χ2v) is 6.39. The lowest BCUT2D eigenvalue weighted by Crippen LogP contribution is -2.25. The summed E-state index contributed by atoms with van der Waals surface area (Å²) in [6.07, 6.45) is 6.09. The molecule has 1 fully saturated rings. The molecule has 2 rings (SSSR count). The molecule has 19 heavy (non-hydrogen) atoms. The van der Waals surface area contributed by atoms with Gasteiger partial charge in [0.15, 0.2) is 0 Å². The zero-order valence-corrected chi connectivity index (χ0v) is 11.9. The lowest BCUT2D eigenvalue weighted by atomic mass is 9.89. The molecule has 1 aliphatic rings. The zero-order valence-electron chi connectivity index (χ0n) is 11.9. The smallest absolute Gasteiger partial charge is 0.311 e. The second kappa shape index (κ2) is 3.90. The Morgan fingerprint density at radius 1 is 1.26 bits per heavy atom. The van der Waals surface area contributed by atoms with E-state index in [4.69, 9.17) is 10.8 Å². The van der Waals surface area contributed by atoms with E-state index in [-0.39, 0.29) is 10.8 Å². The molecule has 1 saturated carbocycles. The Labute approximate surface area is 114 Å². The van der Waals surface area contributed by atoms with Crippen molar-refractivity contribution in [1.82, 2.24) is 0 Å². The molecule has 3 nitrogen and oxygen atoms in total. The summed E-state index contributed by atoms with van der Waals surface area (Å²) in [6, 6.07) is 3.66. The van der Waals surface area contributed by atoms with Gasteiger partial charge in [0.2, 0.25) is 0 Å². The molecule has 1 N–H and O–H groups in total.